The summed E-state index contributed by atoms with van der Waals surface area (Å²) >= 11 is 0. The van der Waals surface area contributed by atoms with Gasteiger partial charge in [0.25, 0.3) is 5.91 Å². The summed E-state index contributed by atoms with van der Waals surface area (Å²) in [6.07, 6.45) is 8.55. The quantitative estimate of drug-likeness (QED) is 0.446. The minimum atomic E-state index is -3.82. The molecule has 3 aliphatic rings. The molecular formula is C25H36N2O7S. The van der Waals surface area contributed by atoms with E-state index in [2.05, 4.69) is 5.32 Å². The molecule has 0 spiro atoms. The number of nitrogens with one attached hydrogen (secondary N) is 1. The van der Waals surface area contributed by atoms with Crippen LogP contribution in [-0.4, -0.2) is 69.5 Å². The lowest BCUT2D eigenvalue weighted by Crippen LogP contribution is -2.43. The van der Waals surface area contributed by atoms with Crippen LogP contribution in [0.2, 0.25) is 0 Å². The lowest BCUT2D eigenvalue weighted by molar-refractivity contribution is -0.153. The monoisotopic (exact) mass is 508 g/mol. The second kappa shape index (κ2) is 11.7. The molecule has 1 aromatic carbocycles. The maximum atomic E-state index is 13.1. The van der Waals surface area contributed by atoms with Crippen LogP contribution >= 0.6 is 0 Å². The molecule has 9 nitrogen and oxygen atoms in total. The maximum Gasteiger partial charge on any atom is 0.286 e. The van der Waals surface area contributed by atoms with Gasteiger partial charge in [-0.05, 0) is 74.3 Å². The van der Waals surface area contributed by atoms with Crippen molar-refractivity contribution in [3.05, 3.63) is 36.1 Å². The highest BCUT2D eigenvalue weighted by Crippen LogP contribution is 2.40. The van der Waals surface area contributed by atoms with Crippen LogP contribution < -0.4 is 10.1 Å². The van der Waals surface area contributed by atoms with Crippen molar-refractivity contribution in [3.63, 3.8) is 0 Å². The van der Waals surface area contributed by atoms with Gasteiger partial charge in [0.15, 0.2) is 5.76 Å². The van der Waals surface area contributed by atoms with Gasteiger partial charge in [-0.15, -0.1) is 0 Å². The molecule has 2 atom stereocenters. The maximum absolute atomic E-state index is 13.1. The third kappa shape index (κ3) is 6.35. The van der Waals surface area contributed by atoms with Crippen molar-refractivity contribution < 1.29 is 32.5 Å². The number of amides is 1. The third-order valence-electron chi connectivity index (χ3n) is 7.20. The van der Waals surface area contributed by atoms with Gasteiger partial charge < -0.3 is 24.6 Å². The topological polar surface area (TPSA) is 114 Å². The Bertz CT molecular complexity index is 988. The number of aliphatic hydroxyl groups is 1. The van der Waals surface area contributed by atoms with Gasteiger partial charge in [-0.3, -0.25) is 4.79 Å². The summed E-state index contributed by atoms with van der Waals surface area (Å²) in [4.78, 5) is 12.9. The fraction of sp³-hybridized carbons (Fsp3) is 0.640. The van der Waals surface area contributed by atoms with Crippen molar-refractivity contribution in [2.45, 2.75) is 62.2 Å². The van der Waals surface area contributed by atoms with Gasteiger partial charge in [-0.2, -0.15) is 4.31 Å². The highest BCUT2D eigenvalue weighted by Gasteiger charge is 2.35. The molecule has 2 fully saturated rings. The predicted molar refractivity (Wildman–Crippen MR) is 129 cm³/mol. The van der Waals surface area contributed by atoms with Crippen LogP contribution in [0, 0.1) is 11.8 Å². The molecule has 10 heteroatoms. The van der Waals surface area contributed by atoms with Crippen molar-refractivity contribution in [1.82, 2.24) is 9.62 Å². The smallest absolute Gasteiger partial charge is 0.286 e. The number of sulfonamides is 1. The van der Waals surface area contributed by atoms with Crippen LogP contribution in [0.1, 0.15) is 44.9 Å². The summed E-state index contributed by atoms with van der Waals surface area (Å²) in [5.74, 6) is 1.40. The molecule has 0 saturated heterocycles. The van der Waals surface area contributed by atoms with Crippen LogP contribution in [0.15, 0.2) is 41.0 Å². The zero-order valence-electron chi connectivity index (χ0n) is 20.2. The lowest BCUT2D eigenvalue weighted by atomic mass is 9.73. The number of allylic oxidation sites excluding steroid dienone is 1. The molecule has 2 saturated carbocycles. The Morgan fingerprint density at radius 1 is 1.14 bits per heavy atom. The first-order chi connectivity index (χ1) is 16.9. The van der Waals surface area contributed by atoms with E-state index in [1.807, 2.05) is 6.08 Å². The Balaban J connectivity index is 1.37. The van der Waals surface area contributed by atoms with Gasteiger partial charge in [0.1, 0.15) is 5.75 Å². The summed E-state index contributed by atoms with van der Waals surface area (Å²) in [6.45, 7) is -0.235. The summed E-state index contributed by atoms with van der Waals surface area (Å²) in [5.41, 5.74) is 0. The number of ether oxygens (including phenoxy) is 3. The van der Waals surface area contributed by atoms with Crippen LogP contribution in [-0.2, 0) is 24.3 Å². The molecule has 0 unspecified atom stereocenters. The zero-order chi connectivity index (χ0) is 24.8. The summed E-state index contributed by atoms with van der Waals surface area (Å²) in [6, 6.07) is 6.33. The fourth-order valence-corrected chi connectivity index (χ4v) is 6.01. The number of nitrogens with zero attached hydrogens (tertiary/aromatic N) is 1. The van der Waals surface area contributed by atoms with Crippen molar-refractivity contribution in [1.29, 1.82) is 0 Å². The van der Waals surface area contributed by atoms with E-state index in [4.69, 9.17) is 14.2 Å². The van der Waals surface area contributed by atoms with E-state index in [9.17, 15) is 18.3 Å². The Kier molecular flexibility index (Phi) is 8.69. The molecule has 35 heavy (non-hydrogen) atoms. The van der Waals surface area contributed by atoms with Gasteiger partial charge in [0, 0.05) is 25.6 Å². The Morgan fingerprint density at radius 3 is 2.43 bits per heavy atom. The van der Waals surface area contributed by atoms with E-state index >= 15 is 0 Å². The van der Waals surface area contributed by atoms with Crippen molar-refractivity contribution in [2.24, 2.45) is 11.8 Å². The summed E-state index contributed by atoms with van der Waals surface area (Å²) in [5, 5.41) is 12.5. The summed E-state index contributed by atoms with van der Waals surface area (Å²) < 4.78 is 44.3. The molecule has 0 radical (unpaired) electrons. The van der Waals surface area contributed by atoms with Gasteiger partial charge in [0.2, 0.25) is 16.3 Å². The van der Waals surface area contributed by atoms with Crippen LogP contribution in [0.5, 0.6) is 5.75 Å². The van der Waals surface area contributed by atoms with Crippen molar-refractivity contribution >= 4 is 15.9 Å². The molecule has 0 bridgehead atoms. The molecule has 1 aromatic rings. The second-order valence-electron chi connectivity index (χ2n) is 9.44. The molecular weight excluding hydrogens is 472 g/mol. The summed E-state index contributed by atoms with van der Waals surface area (Å²) in [7, 11) is -2.31. The number of rotatable bonds is 12. The highest BCUT2D eigenvalue weighted by molar-refractivity contribution is 7.89. The predicted octanol–water partition coefficient (Wildman–Crippen LogP) is 2.41. The van der Waals surface area contributed by atoms with Crippen LogP contribution in [0.3, 0.4) is 0 Å². The average Bonchev–Trinajstić information content (AvgIpc) is 2.79. The van der Waals surface area contributed by atoms with Gasteiger partial charge >= 0.3 is 0 Å². The fourth-order valence-electron chi connectivity index (χ4n) is 4.60. The molecule has 1 aliphatic heterocycles. The minimum Gasteiger partial charge on any atom is -0.497 e. The van der Waals surface area contributed by atoms with Gasteiger partial charge in [-0.1, -0.05) is 6.42 Å². The van der Waals surface area contributed by atoms with E-state index in [1.54, 1.807) is 12.1 Å². The second-order valence-corrected chi connectivity index (χ2v) is 11.4. The van der Waals surface area contributed by atoms with Crippen LogP contribution in [0.25, 0.3) is 0 Å². The van der Waals surface area contributed by atoms with E-state index in [-0.39, 0.29) is 49.1 Å². The first-order valence-corrected chi connectivity index (χ1v) is 13.9. The molecule has 2 N–H and O–H groups in total. The number of aliphatic hydroxyl groups excluding tert-OH is 1. The van der Waals surface area contributed by atoms with Gasteiger partial charge in [0.05, 0.1) is 25.2 Å². The number of carbonyl (C=O) groups excluding carboxylic acids is 1. The van der Waals surface area contributed by atoms with Crippen molar-refractivity contribution in [2.75, 3.05) is 33.4 Å². The zero-order valence-corrected chi connectivity index (χ0v) is 21.0. The third-order valence-corrected chi connectivity index (χ3v) is 9.11. The standard InChI is InChI=1S/C25H36N2O7S/c1-32-21-8-10-22(11-9-21)35(30,31)27(12-14-28)13-15-33-24-17-19(18-4-2-5-18)16-23(34-24)25(29)26-20-6-3-7-20/h8-11,16,18-20,24,28H,2-7,12-15,17H2,1H3,(H,26,29)/t19-,24+/m1/s1. The highest BCUT2D eigenvalue weighted by atomic mass is 32.2. The molecule has 2 aliphatic carbocycles. The average molecular weight is 509 g/mol. The van der Waals surface area contributed by atoms with E-state index in [0.29, 0.717) is 23.8 Å². The molecule has 194 valence electrons. The van der Waals surface area contributed by atoms with E-state index in [1.165, 1.54) is 30.0 Å². The lowest BCUT2D eigenvalue weighted by Gasteiger charge is -2.38. The molecule has 4 rings (SSSR count). The first kappa shape index (κ1) is 25.9. The number of carbonyl (C=O) groups is 1. The number of hydrogen-bond donors (Lipinski definition) is 2. The van der Waals surface area contributed by atoms with Gasteiger partial charge in [-0.25, -0.2) is 8.42 Å². The number of methoxy groups -OCH3 is 1. The number of hydrogen-bond acceptors (Lipinski definition) is 7. The molecule has 1 amide bonds. The normalized spacial score (nSPS) is 23.1. The number of benzene rings is 1. The van der Waals surface area contributed by atoms with E-state index < -0.39 is 16.3 Å². The molecule has 1 heterocycles. The first-order valence-electron chi connectivity index (χ1n) is 12.5. The molecule has 0 aromatic heterocycles. The van der Waals surface area contributed by atoms with Crippen molar-refractivity contribution in [3.8, 4) is 5.75 Å². The minimum absolute atomic E-state index is 0.0518. The Morgan fingerprint density at radius 2 is 1.86 bits per heavy atom. The Hall–Kier alpha value is -2.14. The Labute approximate surface area is 207 Å². The van der Waals surface area contributed by atoms with Crippen LogP contribution in [0.4, 0.5) is 0 Å². The largest absolute Gasteiger partial charge is 0.497 e. The van der Waals surface area contributed by atoms with E-state index in [0.717, 1.165) is 32.1 Å². The SMILES string of the molecule is COc1ccc(S(=O)(=O)N(CCO)CCO[C@@H]2C[C@H](C3CCC3)C=C(C(=O)NC3CCC3)O2)cc1.